The lowest BCUT2D eigenvalue weighted by atomic mass is 9.75. The molecule has 0 bridgehead atoms. The van der Waals surface area contributed by atoms with Crippen molar-refractivity contribution in [3.05, 3.63) is 64.3 Å². The number of nitrogens with zero attached hydrogens (tertiary/aromatic N) is 1. The number of aryl methyl sites for hydroxylation is 1. The van der Waals surface area contributed by atoms with Gasteiger partial charge in [-0.3, -0.25) is 4.79 Å². The molecule has 1 aromatic heterocycles. The topological polar surface area (TPSA) is 34.0 Å². The molecule has 0 radical (unpaired) electrons. The molecule has 1 heterocycles. The fourth-order valence-electron chi connectivity index (χ4n) is 2.71. The third kappa shape index (κ3) is 2.46. The number of anilines is 1. The second-order valence-corrected chi connectivity index (χ2v) is 5.40. The predicted octanol–water partition coefficient (Wildman–Crippen LogP) is 2.88. The van der Waals surface area contributed by atoms with Gasteiger partial charge in [-0.25, -0.2) is 4.39 Å². The van der Waals surface area contributed by atoms with E-state index < -0.39 is 0 Å². The monoisotopic (exact) mass is 272 g/mol. The summed E-state index contributed by atoms with van der Waals surface area (Å²) < 4.78 is 15.2. The molecule has 20 heavy (non-hydrogen) atoms. The van der Waals surface area contributed by atoms with Gasteiger partial charge in [-0.15, -0.1) is 0 Å². The van der Waals surface area contributed by atoms with E-state index in [1.165, 1.54) is 6.07 Å². The molecule has 2 aromatic rings. The van der Waals surface area contributed by atoms with Gasteiger partial charge in [-0.2, -0.15) is 0 Å². The lowest BCUT2D eigenvalue weighted by Crippen LogP contribution is -2.34. The minimum Gasteiger partial charge on any atom is -0.381 e. The summed E-state index contributed by atoms with van der Waals surface area (Å²) in [7, 11) is 1.73. The van der Waals surface area contributed by atoms with Crippen molar-refractivity contribution < 1.29 is 4.39 Å². The lowest BCUT2D eigenvalue weighted by Gasteiger charge is -2.37. The van der Waals surface area contributed by atoms with Crippen molar-refractivity contribution in [3.63, 3.8) is 0 Å². The quantitative estimate of drug-likeness (QED) is 0.932. The average Bonchev–Trinajstić information content (AvgIpc) is 2.39. The summed E-state index contributed by atoms with van der Waals surface area (Å²) in [5, 5.41) is 3.38. The molecule has 1 fully saturated rings. The molecule has 0 amide bonds. The summed E-state index contributed by atoms with van der Waals surface area (Å²) in [4.78, 5) is 11.3. The molecule has 0 saturated heterocycles. The Bertz CT molecular complexity index is 674. The zero-order valence-corrected chi connectivity index (χ0v) is 11.3. The number of nitrogens with one attached hydrogen (secondary N) is 1. The molecule has 1 N–H and O–H groups in total. The van der Waals surface area contributed by atoms with Crippen LogP contribution in [0.25, 0.3) is 0 Å². The van der Waals surface area contributed by atoms with Gasteiger partial charge in [0.25, 0.3) is 0 Å². The van der Waals surface area contributed by atoms with Crippen molar-refractivity contribution in [3.8, 4) is 0 Å². The highest BCUT2D eigenvalue weighted by Crippen LogP contribution is 2.39. The molecule has 0 unspecified atom stereocenters. The van der Waals surface area contributed by atoms with Crippen molar-refractivity contribution in [1.29, 1.82) is 0 Å². The van der Waals surface area contributed by atoms with E-state index in [1.807, 2.05) is 12.1 Å². The zero-order chi connectivity index (χ0) is 14.1. The maximum atomic E-state index is 13.7. The van der Waals surface area contributed by atoms with Crippen LogP contribution in [0.4, 0.5) is 10.1 Å². The maximum Gasteiger partial charge on any atom is 0.250 e. The first-order valence-corrected chi connectivity index (χ1v) is 6.81. The average molecular weight is 272 g/mol. The minimum absolute atomic E-state index is 0.0200. The van der Waals surface area contributed by atoms with Crippen molar-refractivity contribution in [2.24, 2.45) is 7.05 Å². The summed E-state index contributed by atoms with van der Waals surface area (Å²) in [6.45, 7) is 0. The number of pyridine rings is 1. The van der Waals surface area contributed by atoms with Crippen LogP contribution in [0.3, 0.4) is 0 Å². The standard InChI is InChI=1S/C16H17FN2O/c1-19-10-12(6-7-16(19)20)18-13-8-11(9-13)14-4-2-3-5-15(14)17/h2-7,10-11,13,18H,8-9H2,1H3. The van der Waals surface area contributed by atoms with Crippen LogP contribution >= 0.6 is 0 Å². The van der Waals surface area contributed by atoms with E-state index in [0.29, 0.717) is 12.0 Å². The Labute approximate surface area is 117 Å². The van der Waals surface area contributed by atoms with Crippen LogP contribution in [-0.4, -0.2) is 10.6 Å². The molecule has 0 spiro atoms. The van der Waals surface area contributed by atoms with Gasteiger partial charge in [-0.1, -0.05) is 18.2 Å². The molecule has 3 rings (SSSR count). The Morgan fingerprint density at radius 3 is 2.65 bits per heavy atom. The second-order valence-electron chi connectivity index (χ2n) is 5.40. The van der Waals surface area contributed by atoms with E-state index in [4.69, 9.17) is 0 Å². The fourth-order valence-corrected chi connectivity index (χ4v) is 2.71. The first kappa shape index (κ1) is 12.9. The van der Waals surface area contributed by atoms with Crippen LogP contribution in [0.1, 0.15) is 24.3 Å². The highest BCUT2D eigenvalue weighted by molar-refractivity contribution is 5.42. The van der Waals surface area contributed by atoms with E-state index >= 15 is 0 Å². The van der Waals surface area contributed by atoms with Crippen LogP contribution in [0.15, 0.2) is 47.4 Å². The van der Waals surface area contributed by atoms with E-state index in [1.54, 1.807) is 36.0 Å². The Kier molecular flexibility index (Phi) is 3.30. The molecular weight excluding hydrogens is 255 g/mol. The number of hydrogen-bond acceptors (Lipinski definition) is 2. The molecule has 104 valence electrons. The van der Waals surface area contributed by atoms with E-state index in [-0.39, 0.29) is 11.4 Å². The van der Waals surface area contributed by atoms with Crippen molar-refractivity contribution in [1.82, 2.24) is 4.57 Å². The second kappa shape index (κ2) is 5.12. The van der Waals surface area contributed by atoms with Gasteiger partial charge in [0.15, 0.2) is 0 Å². The molecule has 1 aromatic carbocycles. The number of aromatic nitrogens is 1. The molecule has 4 heteroatoms. The van der Waals surface area contributed by atoms with Crippen molar-refractivity contribution in [2.45, 2.75) is 24.8 Å². The molecular formula is C16H17FN2O. The van der Waals surface area contributed by atoms with Gasteiger partial charge in [0.1, 0.15) is 5.82 Å². The Hall–Kier alpha value is -2.10. The Morgan fingerprint density at radius 1 is 1.20 bits per heavy atom. The SMILES string of the molecule is Cn1cc(NC2CC(c3ccccc3F)C2)ccc1=O. The third-order valence-electron chi connectivity index (χ3n) is 3.94. The lowest BCUT2D eigenvalue weighted by molar-refractivity contribution is 0.363. The van der Waals surface area contributed by atoms with Crippen molar-refractivity contribution >= 4 is 5.69 Å². The normalized spacial score (nSPS) is 21.3. The van der Waals surface area contributed by atoms with Gasteiger partial charge in [0, 0.05) is 25.4 Å². The van der Waals surface area contributed by atoms with Crippen LogP contribution < -0.4 is 10.9 Å². The van der Waals surface area contributed by atoms with Gasteiger partial charge in [-0.05, 0) is 36.5 Å². The van der Waals surface area contributed by atoms with Crippen molar-refractivity contribution in [2.75, 3.05) is 5.32 Å². The molecule has 0 atom stereocenters. The number of hydrogen-bond donors (Lipinski definition) is 1. The number of rotatable bonds is 3. The largest absolute Gasteiger partial charge is 0.381 e. The third-order valence-corrected chi connectivity index (χ3v) is 3.94. The Balaban J connectivity index is 1.62. The highest BCUT2D eigenvalue weighted by Gasteiger charge is 2.31. The van der Waals surface area contributed by atoms with Gasteiger partial charge >= 0.3 is 0 Å². The first-order chi connectivity index (χ1) is 9.63. The first-order valence-electron chi connectivity index (χ1n) is 6.81. The van der Waals surface area contributed by atoms with Gasteiger partial charge in [0.2, 0.25) is 5.56 Å². The molecule has 1 aliphatic carbocycles. The minimum atomic E-state index is -0.113. The van der Waals surface area contributed by atoms with E-state index in [0.717, 1.165) is 24.1 Å². The van der Waals surface area contributed by atoms with E-state index in [9.17, 15) is 9.18 Å². The molecule has 1 aliphatic rings. The maximum absolute atomic E-state index is 13.7. The summed E-state index contributed by atoms with van der Waals surface area (Å²) >= 11 is 0. The predicted molar refractivity (Wildman–Crippen MR) is 77.5 cm³/mol. The smallest absolute Gasteiger partial charge is 0.250 e. The van der Waals surface area contributed by atoms with E-state index in [2.05, 4.69) is 5.32 Å². The van der Waals surface area contributed by atoms with Gasteiger partial charge in [0.05, 0.1) is 5.69 Å². The van der Waals surface area contributed by atoms with Crippen LogP contribution in [0.5, 0.6) is 0 Å². The zero-order valence-electron chi connectivity index (χ0n) is 11.3. The number of benzene rings is 1. The molecule has 0 aliphatic heterocycles. The number of halogens is 1. The van der Waals surface area contributed by atoms with Crippen LogP contribution in [0.2, 0.25) is 0 Å². The fraction of sp³-hybridized carbons (Fsp3) is 0.312. The summed E-state index contributed by atoms with van der Waals surface area (Å²) in [6.07, 6.45) is 3.63. The molecule has 3 nitrogen and oxygen atoms in total. The summed E-state index contributed by atoms with van der Waals surface area (Å²) in [5.74, 6) is 0.180. The summed E-state index contributed by atoms with van der Waals surface area (Å²) in [6, 6.07) is 10.7. The highest BCUT2D eigenvalue weighted by atomic mass is 19.1. The molecule has 1 saturated carbocycles. The van der Waals surface area contributed by atoms with Crippen LogP contribution in [-0.2, 0) is 7.05 Å². The van der Waals surface area contributed by atoms with Crippen LogP contribution in [0, 0.1) is 5.82 Å². The Morgan fingerprint density at radius 2 is 1.95 bits per heavy atom. The summed E-state index contributed by atoms with van der Waals surface area (Å²) in [5.41, 5.74) is 1.73. The van der Waals surface area contributed by atoms with Gasteiger partial charge < -0.3 is 9.88 Å².